The van der Waals surface area contributed by atoms with Crippen molar-refractivity contribution in [1.82, 2.24) is 4.90 Å². The summed E-state index contributed by atoms with van der Waals surface area (Å²) < 4.78 is 0. The minimum Gasteiger partial charge on any atom is -0.508 e. The highest BCUT2D eigenvalue weighted by Gasteiger charge is 2.35. The Morgan fingerprint density at radius 3 is 2.55 bits per heavy atom. The molecule has 4 heteroatoms. The van der Waals surface area contributed by atoms with Gasteiger partial charge in [0.05, 0.1) is 0 Å². The molecule has 22 heavy (non-hydrogen) atoms. The first-order valence-electron chi connectivity index (χ1n) is 7.58. The summed E-state index contributed by atoms with van der Waals surface area (Å²) in [7, 11) is 2.08. The molecule has 0 saturated carbocycles. The topological polar surface area (TPSA) is 63.9 Å². The van der Waals surface area contributed by atoms with Crippen LogP contribution in [-0.2, 0) is 12.8 Å². The summed E-state index contributed by atoms with van der Waals surface area (Å²) in [6.07, 6.45) is 1.68. The third-order valence-corrected chi connectivity index (χ3v) is 5.11. The number of rotatable bonds is 0. The van der Waals surface area contributed by atoms with Crippen LogP contribution in [-0.4, -0.2) is 33.8 Å². The molecule has 114 valence electrons. The van der Waals surface area contributed by atoms with Crippen LogP contribution in [0.4, 0.5) is 0 Å². The van der Waals surface area contributed by atoms with E-state index in [9.17, 15) is 15.3 Å². The lowest BCUT2D eigenvalue weighted by atomic mass is 9.76. The maximum Gasteiger partial charge on any atom is 0.165 e. The maximum atomic E-state index is 10.5. The highest BCUT2D eigenvalue weighted by Crippen LogP contribution is 2.52. The zero-order valence-electron chi connectivity index (χ0n) is 12.7. The van der Waals surface area contributed by atoms with E-state index in [1.165, 1.54) is 0 Å². The number of phenols is 3. The molecule has 4 rings (SSSR count). The maximum absolute atomic E-state index is 10.5. The summed E-state index contributed by atoms with van der Waals surface area (Å²) in [4.78, 5) is 2.28. The van der Waals surface area contributed by atoms with Gasteiger partial charge in [-0.3, -0.25) is 4.90 Å². The first-order valence-corrected chi connectivity index (χ1v) is 7.58. The summed E-state index contributed by atoms with van der Waals surface area (Å²) >= 11 is 0. The van der Waals surface area contributed by atoms with Gasteiger partial charge in [-0.25, -0.2) is 0 Å². The molecule has 3 N–H and O–H groups in total. The lowest BCUT2D eigenvalue weighted by Gasteiger charge is -2.40. The van der Waals surface area contributed by atoms with Gasteiger partial charge in [-0.15, -0.1) is 0 Å². The SMILES string of the molecule is Cc1cc2c(cc1O)CC1c3c(cc(O)c(O)c3-2)CCN1C. The molecular formula is C18H19NO3. The molecule has 0 saturated heterocycles. The average Bonchev–Trinajstić information content (AvgIpc) is 2.48. The van der Waals surface area contributed by atoms with E-state index in [-0.39, 0.29) is 23.3 Å². The predicted octanol–water partition coefficient (Wildman–Crippen LogP) is 2.86. The highest BCUT2D eigenvalue weighted by atomic mass is 16.3. The van der Waals surface area contributed by atoms with Crippen LogP contribution in [0.25, 0.3) is 11.1 Å². The van der Waals surface area contributed by atoms with Gasteiger partial charge in [0.1, 0.15) is 5.75 Å². The van der Waals surface area contributed by atoms with Gasteiger partial charge in [0.25, 0.3) is 0 Å². The van der Waals surface area contributed by atoms with Crippen LogP contribution in [0, 0.1) is 6.92 Å². The Hall–Kier alpha value is -2.20. The van der Waals surface area contributed by atoms with Gasteiger partial charge in [-0.05, 0) is 72.8 Å². The third-order valence-electron chi connectivity index (χ3n) is 5.11. The molecule has 0 amide bonds. The molecule has 1 unspecified atom stereocenters. The summed E-state index contributed by atoms with van der Waals surface area (Å²) in [5.41, 5.74) is 5.69. The largest absolute Gasteiger partial charge is 0.508 e. The average molecular weight is 297 g/mol. The zero-order chi connectivity index (χ0) is 15.6. The monoisotopic (exact) mass is 297 g/mol. The Kier molecular flexibility index (Phi) is 2.69. The fraction of sp³-hybridized carbons (Fsp3) is 0.333. The standard InChI is InChI=1S/C18H19NO3/c1-9-5-12-11(8-14(9)20)6-13-16-10(3-4-19(13)2)7-15(21)18(22)17(12)16/h5,7-8,13,20-22H,3-4,6H2,1-2H3. The van der Waals surface area contributed by atoms with Crippen LogP contribution in [0.3, 0.4) is 0 Å². The second kappa shape index (κ2) is 4.40. The van der Waals surface area contributed by atoms with Crippen LogP contribution in [0.5, 0.6) is 17.2 Å². The van der Waals surface area contributed by atoms with E-state index in [2.05, 4.69) is 11.9 Å². The van der Waals surface area contributed by atoms with Crippen LogP contribution < -0.4 is 0 Å². The number of likely N-dealkylation sites (N-methyl/N-ethyl adjacent to an activating group) is 1. The van der Waals surface area contributed by atoms with Gasteiger partial charge in [0.15, 0.2) is 11.5 Å². The van der Waals surface area contributed by atoms with Crippen LogP contribution in [0.2, 0.25) is 0 Å². The van der Waals surface area contributed by atoms with Crippen LogP contribution in [0.1, 0.15) is 28.3 Å². The molecule has 0 fully saturated rings. The highest BCUT2D eigenvalue weighted by molar-refractivity contribution is 5.83. The molecule has 1 atom stereocenters. The van der Waals surface area contributed by atoms with Crippen molar-refractivity contribution in [3.05, 3.63) is 40.5 Å². The molecular weight excluding hydrogens is 278 g/mol. The quantitative estimate of drug-likeness (QED) is 0.654. The molecule has 2 aliphatic rings. The van der Waals surface area contributed by atoms with E-state index in [1.54, 1.807) is 12.1 Å². The number of phenolic OH excluding ortho intramolecular Hbond substituents is 3. The molecule has 0 radical (unpaired) electrons. The summed E-state index contributed by atoms with van der Waals surface area (Å²) in [6.45, 7) is 2.77. The first kappa shape index (κ1) is 13.5. The fourth-order valence-corrected chi connectivity index (χ4v) is 3.87. The van der Waals surface area contributed by atoms with Crippen molar-refractivity contribution in [1.29, 1.82) is 0 Å². The molecule has 0 bridgehead atoms. The molecule has 4 nitrogen and oxygen atoms in total. The number of aromatic hydroxyl groups is 3. The van der Waals surface area contributed by atoms with Gasteiger partial charge in [-0.2, -0.15) is 0 Å². The van der Waals surface area contributed by atoms with Crippen molar-refractivity contribution >= 4 is 0 Å². The van der Waals surface area contributed by atoms with Crippen LogP contribution in [0.15, 0.2) is 18.2 Å². The molecule has 2 aromatic rings. The van der Waals surface area contributed by atoms with E-state index in [0.717, 1.165) is 52.8 Å². The molecule has 2 aromatic carbocycles. The van der Waals surface area contributed by atoms with E-state index >= 15 is 0 Å². The third kappa shape index (κ3) is 1.67. The van der Waals surface area contributed by atoms with Crippen molar-refractivity contribution in [3.63, 3.8) is 0 Å². The normalized spacial score (nSPS) is 19.6. The van der Waals surface area contributed by atoms with Gasteiger partial charge >= 0.3 is 0 Å². The molecule has 1 aliphatic carbocycles. The Labute approximate surface area is 129 Å². The van der Waals surface area contributed by atoms with Gasteiger partial charge in [0.2, 0.25) is 0 Å². The second-order valence-corrected chi connectivity index (χ2v) is 6.44. The number of benzene rings is 2. The van der Waals surface area contributed by atoms with E-state index < -0.39 is 0 Å². The van der Waals surface area contributed by atoms with Gasteiger partial charge < -0.3 is 15.3 Å². The number of hydrogen-bond donors (Lipinski definition) is 3. The second-order valence-electron chi connectivity index (χ2n) is 6.44. The van der Waals surface area contributed by atoms with E-state index in [4.69, 9.17) is 0 Å². The molecule has 0 aromatic heterocycles. The Bertz CT molecular complexity index is 798. The van der Waals surface area contributed by atoms with E-state index in [1.807, 2.05) is 13.0 Å². The van der Waals surface area contributed by atoms with Gasteiger partial charge in [-0.1, -0.05) is 0 Å². The fourth-order valence-electron chi connectivity index (χ4n) is 3.87. The zero-order valence-corrected chi connectivity index (χ0v) is 12.7. The molecule has 1 aliphatic heterocycles. The van der Waals surface area contributed by atoms with Crippen molar-refractivity contribution in [2.45, 2.75) is 25.8 Å². The van der Waals surface area contributed by atoms with Gasteiger partial charge in [0, 0.05) is 18.2 Å². The molecule has 0 spiro atoms. The lowest BCUT2D eigenvalue weighted by molar-refractivity contribution is 0.227. The Morgan fingerprint density at radius 2 is 1.77 bits per heavy atom. The van der Waals surface area contributed by atoms with Crippen molar-refractivity contribution in [3.8, 4) is 28.4 Å². The number of hydrogen-bond acceptors (Lipinski definition) is 4. The molecule has 1 heterocycles. The van der Waals surface area contributed by atoms with Crippen molar-refractivity contribution in [2.75, 3.05) is 13.6 Å². The Morgan fingerprint density at radius 1 is 1.05 bits per heavy atom. The predicted molar refractivity (Wildman–Crippen MR) is 84.4 cm³/mol. The first-order chi connectivity index (χ1) is 10.5. The van der Waals surface area contributed by atoms with Crippen molar-refractivity contribution in [2.24, 2.45) is 0 Å². The Balaban J connectivity index is 2.09. The number of aryl methyl sites for hydroxylation is 1. The number of fused-ring (bicyclic) bond motifs is 2. The summed E-state index contributed by atoms with van der Waals surface area (Å²) in [5, 5.41) is 30.6. The summed E-state index contributed by atoms with van der Waals surface area (Å²) in [5.74, 6) is 0.168. The smallest absolute Gasteiger partial charge is 0.165 e. The lowest BCUT2D eigenvalue weighted by Crippen LogP contribution is -2.35. The minimum absolute atomic E-state index is 0.0508. The van der Waals surface area contributed by atoms with Crippen molar-refractivity contribution < 1.29 is 15.3 Å². The van der Waals surface area contributed by atoms with E-state index in [0.29, 0.717) is 0 Å². The number of nitrogens with zero attached hydrogens (tertiary/aromatic N) is 1. The van der Waals surface area contributed by atoms with Crippen LogP contribution >= 0.6 is 0 Å². The minimum atomic E-state index is -0.0596. The summed E-state index contributed by atoms with van der Waals surface area (Å²) in [6, 6.07) is 5.58.